The van der Waals surface area contributed by atoms with Gasteiger partial charge in [0.05, 0.1) is 25.0 Å². The van der Waals surface area contributed by atoms with Crippen molar-refractivity contribution in [2.75, 3.05) is 31.8 Å². The molecule has 1 saturated heterocycles. The summed E-state index contributed by atoms with van der Waals surface area (Å²) < 4.78 is 9.99. The molecule has 1 fully saturated rings. The molecule has 0 spiro atoms. The van der Waals surface area contributed by atoms with Gasteiger partial charge in [-0.3, -0.25) is 9.78 Å². The first-order valence-electron chi connectivity index (χ1n) is 7.63. The van der Waals surface area contributed by atoms with Gasteiger partial charge in [-0.05, 0) is 36.8 Å². The highest BCUT2D eigenvalue weighted by Gasteiger charge is 2.22. The van der Waals surface area contributed by atoms with Gasteiger partial charge in [0.1, 0.15) is 6.61 Å². The lowest BCUT2D eigenvalue weighted by Crippen LogP contribution is -2.41. The van der Waals surface area contributed by atoms with Gasteiger partial charge in [-0.25, -0.2) is 4.79 Å². The van der Waals surface area contributed by atoms with Crippen LogP contribution < -0.4 is 4.90 Å². The first-order chi connectivity index (χ1) is 11.6. The minimum absolute atomic E-state index is 0.0422. The first-order valence-corrected chi connectivity index (χ1v) is 7.63. The van der Waals surface area contributed by atoms with Crippen LogP contribution in [-0.4, -0.2) is 43.7 Å². The second kappa shape index (κ2) is 6.80. The smallest absolute Gasteiger partial charge is 0.337 e. The van der Waals surface area contributed by atoms with E-state index in [0.717, 1.165) is 16.8 Å². The van der Waals surface area contributed by atoms with E-state index in [0.29, 0.717) is 24.4 Å². The third-order valence-electron chi connectivity index (χ3n) is 3.84. The molecule has 2 heterocycles. The summed E-state index contributed by atoms with van der Waals surface area (Å²) in [4.78, 5) is 30.1. The fourth-order valence-electron chi connectivity index (χ4n) is 2.58. The number of aromatic nitrogens is 1. The summed E-state index contributed by atoms with van der Waals surface area (Å²) >= 11 is 0. The van der Waals surface area contributed by atoms with E-state index in [1.165, 1.54) is 7.11 Å². The summed E-state index contributed by atoms with van der Waals surface area (Å²) in [5.74, 6) is -0.586. The number of hydrogen-bond acceptors (Lipinski definition) is 5. The number of carbonyl (C=O) groups excluding carboxylic acids is 2. The van der Waals surface area contributed by atoms with E-state index in [9.17, 15) is 9.59 Å². The Morgan fingerprint density at radius 1 is 1.29 bits per heavy atom. The van der Waals surface area contributed by atoms with Gasteiger partial charge in [0, 0.05) is 24.0 Å². The number of rotatable bonds is 3. The predicted molar refractivity (Wildman–Crippen MR) is 88.9 cm³/mol. The van der Waals surface area contributed by atoms with Crippen molar-refractivity contribution in [3.8, 4) is 11.3 Å². The Hall–Kier alpha value is -2.73. The molecular formula is C18H18N2O4. The summed E-state index contributed by atoms with van der Waals surface area (Å²) in [5.41, 5.74) is 3.56. The van der Waals surface area contributed by atoms with Crippen LogP contribution in [0.25, 0.3) is 11.3 Å². The molecule has 6 heteroatoms. The van der Waals surface area contributed by atoms with E-state index < -0.39 is 5.97 Å². The van der Waals surface area contributed by atoms with Gasteiger partial charge in [0.25, 0.3) is 5.91 Å². The highest BCUT2D eigenvalue weighted by atomic mass is 16.5. The third-order valence-corrected chi connectivity index (χ3v) is 3.84. The zero-order valence-corrected chi connectivity index (χ0v) is 13.6. The molecule has 24 heavy (non-hydrogen) atoms. The summed E-state index contributed by atoms with van der Waals surface area (Å²) in [6.07, 6.45) is 1.76. The molecular weight excluding hydrogens is 308 g/mol. The van der Waals surface area contributed by atoms with Crippen molar-refractivity contribution >= 4 is 17.6 Å². The Bertz CT molecular complexity index is 771. The van der Waals surface area contributed by atoms with Crippen LogP contribution in [0.4, 0.5) is 5.69 Å². The summed E-state index contributed by atoms with van der Waals surface area (Å²) in [6, 6.07) is 9.07. The quantitative estimate of drug-likeness (QED) is 0.809. The number of amides is 1. The van der Waals surface area contributed by atoms with Gasteiger partial charge in [0.15, 0.2) is 0 Å². The van der Waals surface area contributed by atoms with E-state index in [4.69, 9.17) is 9.47 Å². The molecule has 1 amide bonds. The van der Waals surface area contributed by atoms with Crippen molar-refractivity contribution < 1.29 is 19.1 Å². The number of hydrogen-bond donors (Lipinski definition) is 0. The molecule has 6 nitrogen and oxygen atoms in total. The number of methoxy groups -OCH3 is 1. The Kier molecular flexibility index (Phi) is 4.57. The van der Waals surface area contributed by atoms with Crippen molar-refractivity contribution in [2.45, 2.75) is 6.92 Å². The number of esters is 1. The lowest BCUT2D eigenvalue weighted by atomic mass is 10.0. The van der Waals surface area contributed by atoms with Crippen LogP contribution in [0.5, 0.6) is 0 Å². The summed E-state index contributed by atoms with van der Waals surface area (Å²) in [7, 11) is 1.33. The Balaban J connectivity index is 2.08. The van der Waals surface area contributed by atoms with E-state index >= 15 is 0 Å². The zero-order chi connectivity index (χ0) is 17.1. The standard InChI is InChI=1S/C18H18N2O4/c1-12-3-4-16(19-10-12)13-7-14(18(22)23-2)9-15(8-13)20-5-6-24-11-17(20)21/h3-4,7-10H,5-6,11H2,1-2H3. The van der Waals surface area contributed by atoms with Crippen molar-refractivity contribution in [2.24, 2.45) is 0 Å². The van der Waals surface area contributed by atoms with Crippen LogP contribution in [-0.2, 0) is 14.3 Å². The molecule has 1 aliphatic rings. The Morgan fingerprint density at radius 3 is 2.79 bits per heavy atom. The number of pyridine rings is 1. The summed E-state index contributed by atoms with van der Waals surface area (Å²) in [5, 5.41) is 0. The number of anilines is 1. The number of aryl methyl sites for hydroxylation is 1. The maximum Gasteiger partial charge on any atom is 0.337 e. The van der Waals surface area contributed by atoms with Crippen LogP contribution in [0, 0.1) is 6.92 Å². The van der Waals surface area contributed by atoms with Crippen molar-refractivity contribution in [3.63, 3.8) is 0 Å². The predicted octanol–water partition coefficient (Wildman–Crippen LogP) is 2.21. The van der Waals surface area contributed by atoms with Crippen LogP contribution >= 0.6 is 0 Å². The zero-order valence-electron chi connectivity index (χ0n) is 13.6. The van der Waals surface area contributed by atoms with Crippen molar-refractivity contribution in [1.82, 2.24) is 4.98 Å². The minimum atomic E-state index is -0.453. The minimum Gasteiger partial charge on any atom is -0.465 e. The van der Waals surface area contributed by atoms with Gasteiger partial charge >= 0.3 is 5.97 Å². The fourth-order valence-corrected chi connectivity index (χ4v) is 2.58. The second-order valence-corrected chi connectivity index (χ2v) is 5.58. The number of ether oxygens (including phenoxy) is 2. The average molecular weight is 326 g/mol. The van der Waals surface area contributed by atoms with E-state index in [1.807, 2.05) is 25.1 Å². The van der Waals surface area contributed by atoms with Crippen LogP contribution in [0.2, 0.25) is 0 Å². The highest BCUT2D eigenvalue weighted by molar-refractivity contribution is 5.98. The van der Waals surface area contributed by atoms with Gasteiger partial charge in [0.2, 0.25) is 0 Å². The largest absolute Gasteiger partial charge is 0.465 e. The topological polar surface area (TPSA) is 68.7 Å². The molecule has 124 valence electrons. The number of carbonyl (C=O) groups is 2. The SMILES string of the molecule is COC(=O)c1cc(-c2ccc(C)cn2)cc(N2CCOCC2=O)c1. The molecule has 1 aromatic heterocycles. The molecule has 1 aromatic carbocycles. The molecule has 3 rings (SSSR count). The molecule has 0 radical (unpaired) electrons. The normalized spacial score (nSPS) is 14.6. The van der Waals surface area contributed by atoms with Crippen molar-refractivity contribution in [3.05, 3.63) is 47.7 Å². The maximum absolute atomic E-state index is 12.1. The monoisotopic (exact) mass is 326 g/mol. The van der Waals surface area contributed by atoms with E-state index in [1.54, 1.807) is 23.2 Å². The number of nitrogens with zero attached hydrogens (tertiary/aromatic N) is 2. The van der Waals surface area contributed by atoms with Crippen LogP contribution in [0.3, 0.4) is 0 Å². The van der Waals surface area contributed by atoms with Crippen LogP contribution in [0.15, 0.2) is 36.5 Å². The molecule has 2 aromatic rings. The van der Waals surface area contributed by atoms with Gasteiger partial charge in [-0.2, -0.15) is 0 Å². The Labute approximate surface area is 140 Å². The Morgan fingerprint density at radius 2 is 2.12 bits per heavy atom. The summed E-state index contributed by atoms with van der Waals surface area (Å²) in [6.45, 7) is 2.91. The lowest BCUT2D eigenvalue weighted by molar-refractivity contribution is -0.125. The van der Waals surface area contributed by atoms with Gasteiger partial charge in [-0.15, -0.1) is 0 Å². The van der Waals surface area contributed by atoms with Crippen LogP contribution in [0.1, 0.15) is 15.9 Å². The molecule has 0 atom stereocenters. The molecule has 0 aliphatic carbocycles. The average Bonchev–Trinajstić information content (AvgIpc) is 2.61. The molecule has 0 saturated carbocycles. The van der Waals surface area contributed by atoms with E-state index in [2.05, 4.69) is 4.98 Å². The van der Waals surface area contributed by atoms with E-state index in [-0.39, 0.29) is 12.5 Å². The van der Waals surface area contributed by atoms with Gasteiger partial charge in [-0.1, -0.05) is 6.07 Å². The highest BCUT2D eigenvalue weighted by Crippen LogP contribution is 2.27. The number of benzene rings is 1. The molecule has 0 N–H and O–H groups in total. The molecule has 0 bridgehead atoms. The first kappa shape index (κ1) is 16.1. The number of morpholine rings is 1. The maximum atomic E-state index is 12.1. The van der Waals surface area contributed by atoms with Crippen molar-refractivity contribution in [1.29, 1.82) is 0 Å². The van der Waals surface area contributed by atoms with Gasteiger partial charge < -0.3 is 14.4 Å². The molecule has 0 unspecified atom stereocenters. The lowest BCUT2D eigenvalue weighted by Gasteiger charge is -2.27. The molecule has 1 aliphatic heterocycles. The fraction of sp³-hybridized carbons (Fsp3) is 0.278. The second-order valence-electron chi connectivity index (χ2n) is 5.58. The third kappa shape index (κ3) is 3.28.